The molecule has 250 valence electrons. The summed E-state index contributed by atoms with van der Waals surface area (Å²) in [7, 11) is 4.98. The Bertz CT molecular complexity index is 1670. The van der Waals surface area contributed by atoms with Gasteiger partial charge in [0, 0.05) is 31.1 Å². The van der Waals surface area contributed by atoms with E-state index in [2.05, 4.69) is 0 Å². The zero-order valence-corrected chi connectivity index (χ0v) is 28.0. The number of aromatic nitrogens is 2. The summed E-state index contributed by atoms with van der Waals surface area (Å²) in [5, 5.41) is 10.0. The van der Waals surface area contributed by atoms with E-state index in [0.717, 1.165) is 36.1 Å². The number of nitrogens with zero attached hydrogens (tertiary/aromatic N) is 4. The molecule has 2 aliphatic rings. The van der Waals surface area contributed by atoms with Gasteiger partial charge < -0.3 is 29.1 Å². The number of rotatable bonds is 13. The third-order valence-corrected chi connectivity index (χ3v) is 9.46. The third kappa shape index (κ3) is 7.18. The number of benzene rings is 2. The Morgan fingerprint density at radius 2 is 1.83 bits per heavy atom. The van der Waals surface area contributed by atoms with E-state index >= 15 is 0 Å². The van der Waals surface area contributed by atoms with Gasteiger partial charge >= 0.3 is 12.0 Å². The van der Waals surface area contributed by atoms with Crippen LogP contribution in [0.3, 0.4) is 0 Å². The number of carbonyl (C=O) groups is 3. The lowest BCUT2D eigenvalue weighted by Crippen LogP contribution is -2.46. The van der Waals surface area contributed by atoms with Crippen molar-refractivity contribution in [2.24, 2.45) is 11.3 Å². The Morgan fingerprint density at radius 3 is 2.47 bits per heavy atom. The second kappa shape index (κ2) is 14.0. The summed E-state index contributed by atoms with van der Waals surface area (Å²) in [6, 6.07) is 10.4. The number of carboxylic acids is 1. The van der Waals surface area contributed by atoms with Crippen LogP contribution in [-0.4, -0.2) is 89.2 Å². The van der Waals surface area contributed by atoms with Crippen molar-refractivity contribution < 1.29 is 33.7 Å². The van der Waals surface area contributed by atoms with Gasteiger partial charge in [0.25, 0.3) is 0 Å². The van der Waals surface area contributed by atoms with Gasteiger partial charge in [-0.3, -0.25) is 9.59 Å². The average molecular weight is 645 g/mol. The highest BCUT2D eigenvalue weighted by atomic mass is 16.5. The monoisotopic (exact) mass is 644 g/mol. The van der Waals surface area contributed by atoms with E-state index in [4.69, 9.17) is 24.2 Å². The molecule has 0 unspecified atom stereocenters. The molecular weight excluding hydrogens is 600 g/mol. The van der Waals surface area contributed by atoms with Crippen LogP contribution in [0.4, 0.5) is 4.79 Å². The van der Waals surface area contributed by atoms with Crippen molar-refractivity contribution in [2.75, 3.05) is 34.4 Å². The quantitative estimate of drug-likeness (QED) is 0.178. The van der Waals surface area contributed by atoms with Crippen molar-refractivity contribution in [1.82, 2.24) is 19.8 Å². The third-order valence-electron chi connectivity index (χ3n) is 9.46. The summed E-state index contributed by atoms with van der Waals surface area (Å²) in [5.41, 5.74) is 1.70. The number of ketones is 1. The number of aliphatic carboxylic acids is 1. The first-order valence-electron chi connectivity index (χ1n) is 16.1. The van der Waals surface area contributed by atoms with Gasteiger partial charge in [-0.2, -0.15) is 4.98 Å². The molecule has 0 radical (unpaired) electrons. The lowest BCUT2D eigenvalue weighted by Gasteiger charge is -2.28. The van der Waals surface area contributed by atoms with Crippen LogP contribution in [0.25, 0.3) is 22.3 Å². The molecule has 2 aromatic carbocycles. The molecule has 3 aromatic rings. The number of hydrogen-bond donors (Lipinski definition) is 1. The number of fused-ring (bicyclic) bond motifs is 1. The highest BCUT2D eigenvalue weighted by molar-refractivity contribution is 5.90. The normalized spacial score (nSPS) is 22.0. The Labute approximate surface area is 275 Å². The molecular formula is C36H44N4O7. The Hall–Kier alpha value is -4.67. The van der Waals surface area contributed by atoms with E-state index in [9.17, 15) is 19.5 Å². The summed E-state index contributed by atoms with van der Waals surface area (Å²) in [5.74, 6) is 1.52. The van der Waals surface area contributed by atoms with Crippen LogP contribution < -0.4 is 14.2 Å². The zero-order chi connectivity index (χ0) is 33.9. The maximum Gasteiger partial charge on any atom is 0.320 e. The minimum absolute atomic E-state index is 0.0940. The van der Waals surface area contributed by atoms with Crippen LogP contribution in [0.5, 0.6) is 17.4 Å². The fourth-order valence-corrected chi connectivity index (χ4v) is 6.21. The summed E-state index contributed by atoms with van der Waals surface area (Å²) >= 11 is 0. The van der Waals surface area contributed by atoms with Crippen molar-refractivity contribution in [1.29, 1.82) is 0 Å². The van der Waals surface area contributed by atoms with E-state index in [-0.39, 0.29) is 24.3 Å². The van der Waals surface area contributed by atoms with Gasteiger partial charge in [0.05, 0.1) is 43.1 Å². The number of carboxylic acid groups (broad SMARTS) is 1. The van der Waals surface area contributed by atoms with E-state index in [1.54, 1.807) is 38.0 Å². The first-order valence-corrected chi connectivity index (χ1v) is 16.1. The first-order chi connectivity index (χ1) is 22.5. The number of carbonyl (C=O) groups excluding carboxylic acids is 2. The predicted octanol–water partition coefficient (Wildman–Crippen LogP) is 5.92. The molecule has 1 aliphatic carbocycles. The molecule has 1 saturated carbocycles. The van der Waals surface area contributed by atoms with Gasteiger partial charge in [-0.15, -0.1) is 0 Å². The van der Waals surface area contributed by atoms with Crippen LogP contribution >= 0.6 is 0 Å². The number of likely N-dealkylation sites (tertiary alicyclic amines) is 1. The average Bonchev–Trinajstić information content (AvgIpc) is 3.55. The molecule has 1 N–H and O–H groups in total. The highest BCUT2D eigenvalue weighted by Crippen LogP contribution is 2.53. The summed E-state index contributed by atoms with van der Waals surface area (Å²) in [6.45, 7) is 6.01. The number of allylic oxidation sites excluding steroid dienone is 2. The van der Waals surface area contributed by atoms with Crippen molar-refractivity contribution in [2.45, 2.75) is 65.0 Å². The number of aryl methyl sites for hydroxylation is 1. The van der Waals surface area contributed by atoms with Crippen LogP contribution in [0, 0.1) is 18.3 Å². The Kier molecular flexibility index (Phi) is 10.0. The summed E-state index contributed by atoms with van der Waals surface area (Å²) < 4.78 is 17.4. The van der Waals surface area contributed by atoms with Gasteiger partial charge in [-0.1, -0.05) is 12.2 Å². The molecule has 1 saturated heterocycles. The number of Topliss-reactive ketones (excluding diaryl/α,β-unsaturated/α-hetero) is 1. The zero-order valence-electron chi connectivity index (χ0n) is 28.0. The maximum atomic E-state index is 13.6. The minimum Gasteiger partial charge on any atom is -0.497 e. The molecule has 11 heteroatoms. The van der Waals surface area contributed by atoms with Gasteiger partial charge in [0.15, 0.2) is 11.6 Å². The topological polar surface area (TPSA) is 131 Å². The Balaban J connectivity index is 1.27. The van der Waals surface area contributed by atoms with Gasteiger partial charge in [0.1, 0.15) is 17.6 Å². The van der Waals surface area contributed by atoms with Crippen LogP contribution in [-0.2, 0) is 9.59 Å². The summed E-state index contributed by atoms with van der Waals surface area (Å²) in [6.07, 6.45) is 7.11. The van der Waals surface area contributed by atoms with E-state index in [1.807, 2.05) is 55.5 Å². The van der Waals surface area contributed by atoms with Crippen molar-refractivity contribution >= 4 is 28.7 Å². The molecule has 2 fully saturated rings. The van der Waals surface area contributed by atoms with Gasteiger partial charge in [-0.25, -0.2) is 9.78 Å². The smallest absolute Gasteiger partial charge is 0.320 e. The SMILES string of the molecule is COc1ccc(-c2nc(O[C@@H]3C[C@@H](C(C)=O)N(C(=O)N(C)CCCC/C=C\[C@@H]4C[C@]4(C)C(=O)O)C3)c3ccc(OC)c(C)c3n2)cc1. The molecule has 0 spiro atoms. The predicted molar refractivity (Wildman–Crippen MR) is 178 cm³/mol. The first kappa shape index (κ1) is 33.7. The number of amides is 2. The largest absolute Gasteiger partial charge is 0.497 e. The number of ether oxygens (including phenoxy) is 3. The van der Waals surface area contributed by atoms with E-state index < -0.39 is 23.5 Å². The van der Waals surface area contributed by atoms with Crippen LogP contribution in [0.15, 0.2) is 48.6 Å². The second-order valence-electron chi connectivity index (χ2n) is 12.8. The number of unbranched alkanes of at least 4 members (excludes halogenated alkanes) is 2. The number of methoxy groups -OCH3 is 2. The Morgan fingerprint density at radius 1 is 1.09 bits per heavy atom. The van der Waals surface area contributed by atoms with Crippen LogP contribution in [0.2, 0.25) is 0 Å². The van der Waals surface area contributed by atoms with Crippen molar-refractivity contribution in [3.05, 3.63) is 54.1 Å². The summed E-state index contributed by atoms with van der Waals surface area (Å²) in [4.78, 5) is 50.5. The number of hydrogen-bond acceptors (Lipinski definition) is 8. The molecule has 11 nitrogen and oxygen atoms in total. The molecule has 5 rings (SSSR count). The molecule has 4 atom stereocenters. The highest BCUT2D eigenvalue weighted by Gasteiger charge is 2.54. The molecule has 2 amide bonds. The molecule has 2 heterocycles. The second-order valence-corrected chi connectivity index (χ2v) is 12.8. The van der Waals surface area contributed by atoms with E-state index in [1.165, 1.54) is 6.92 Å². The lowest BCUT2D eigenvalue weighted by atomic mass is 10.1. The van der Waals surface area contributed by atoms with Crippen molar-refractivity contribution in [3.8, 4) is 28.8 Å². The van der Waals surface area contributed by atoms with Gasteiger partial charge in [-0.05, 0) is 88.8 Å². The minimum atomic E-state index is -0.745. The molecule has 1 aromatic heterocycles. The molecule has 0 bridgehead atoms. The fourth-order valence-electron chi connectivity index (χ4n) is 6.21. The van der Waals surface area contributed by atoms with E-state index in [0.29, 0.717) is 47.7 Å². The van der Waals surface area contributed by atoms with Crippen molar-refractivity contribution in [3.63, 3.8) is 0 Å². The molecule has 47 heavy (non-hydrogen) atoms. The molecule has 1 aliphatic heterocycles. The van der Waals surface area contributed by atoms with Gasteiger partial charge in [0.2, 0.25) is 5.88 Å². The fraction of sp³-hybridized carbons (Fsp3) is 0.472. The standard InChI is InChI=1S/C36H44N4O7/c1-22-30(46-6)17-16-28-31(22)37-32(24-12-14-26(45-5)15-13-24)38-33(28)47-27-19-29(23(2)41)40(21-27)35(44)39(4)18-10-8-7-9-11-25-20-36(25,3)34(42)43/h9,11-17,25,27,29H,7-8,10,18-21H2,1-6H3,(H,42,43)/b11-9-/t25-,27-,29+,36+/m1/s1. The number of urea groups is 1. The lowest BCUT2D eigenvalue weighted by molar-refractivity contribution is -0.143. The van der Waals surface area contributed by atoms with Crippen LogP contribution in [0.1, 0.15) is 51.5 Å². The maximum absolute atomic E-state index is 13.6.